The van der Waals surface area contributed by atoms with Gasteiger partial charge in [-0.15, -0.1) is 0 Å². The highest BCUT2D eigenvalue weighted by molar-refractivity contribution is 8.15. The minimum atomic E-state index is -1.11. The average Bonchev–Trinajstić information content (AvgIpc) is 3.23. The summed E-state index contributed by atoms with van der Waals surface area (Å²) in [7, 11) is 2.75. The maximum absolute atomic E-state index is 14.6. The van der Waals surface area contributed by atoms with E-state index in [0.29, 0.717) is 18.4 Å². The molecule has 2 aromatic carbocycles. The van der Waals surface area contributed by atoms with E-state index in [1.807, 2.05) is 18.2 Å². The smallest absolute Gasteiger partial charge is 0.365 e. The van der Waals surface area contributed by atoms with Gasteiger partial charge in [-0.25, -0.2) is 23.0 Å². The summed E-state index contributed by atoms with van der Waals surface area (Å²) in [5.41, 5.74) is 0.650. The number of hydrogen-bond donors (Lipinski definition) is 2. The Morgan fingerprint density at radius 1 is 1.27 bits per heavy atom. The number of amides is 2. The predicted molar refractivity (Wildman–Crippen MR) is 122 cm³/mol. The second kappa shape index (κ2) is 10.7. The van der Waals surface area contributed by atoms with Crippen molar-refractivity contribution in [3.8, 4) is 0 Å². The predicted octanol–water partition coefficient (Wildman–Crippen LogP) is 4.46. The van der Waals surface area contributed by atoms with Gasteiger partial charge in [0.05, 0.1) is 7.11 Å². The Morgan fingerprint density at radius 3 is 2.67 bits per heavy atom. The van der Waals surface area contributed by atoms with E-state index in [1.54, 1.807) is 12.1 Å². The minimum absolute atomic E-state index is 0.0620. The highest BCUT2D eigenvalue weighted by atomic mass is 32.2. The van der Waals surface area contributed by atoms with E-state index < -0.39 is 29.2 Å². The Bertz CT molecular complexity index is 1040. The average molecular weight is 480 g/mol. The summed E-state index contributed by atoms with van der Waals surface area (Å²) in [6.07, 6.45) is 0.751. The molecule has 1 atom stereocenters. The number of amidine groups is 1. The van der Waals surface area contributed by atoms with Crippen LogP contribution in [0.5, 0.6) is 0 Å². The zero-order valence-corrected chi connectivity index (χ0v) is 19.0. The first-order valence-electron chi connectivity index (χ1n) is 10.1. The summed E-state index contributed by atoms with van der Waals surface area (Å²) in [5, 5.41) is 16.8. The van der Waals surface area contributed by atoms with E-state index >= 15 is 0 Å². The highest BCUT2D eigenvalue weighted by Gasteiger charge is 2.49. The SMILES string of the molecule is CON(C)C(=O)N1N=C(c2cc(F)ccc2F)SC1(CCCNC(=N)CF)c1ccccc1. The fourth-order valence-corrected chi connectivity index (χ4v) is 4.78. The molecule has 7 nitrogen and oxygen atoms in total. The first kappa shape index (κ1) is 24.6. The summed E-state index contributed by atoms with van der Waals surface area (Å²) in [5.74, 6) is -1.54. The molecule has 1 aliphatic rings. The van der Waals surface area contributed by atoms with Gasteiger partial charge in [0.1, 0.15) is 34.1 Å². The van der Waals surface area contributed by atoms with Crippen LogP contribution in [-0.2, 0) is 9.71 Å². The molecule has 0 spiro atoms. The van der Waals surface area contributed by atoms with Gasteiger partial charge in [-0.3, -0.25) is 10.2 Å². The van der Waals surface area contributed by atoms with Crippen molar-refractivity contribution in [3.63, 3.8) is 0 Å². The molecule has 0 saturated heterocycles. The van der Waals surface area contributed by atoms with Crippen molar-refractivity contribution in [2.24, 2.45) is 5.10 Å². The molecule has 33 heavy (non-hydrogen) atoms. The van der Waals surface area contributed by atoms with E-state index in [4.69, 9.17) is 10.2 Å². The molecule has 1 aliphatic heterocycles. The summed E-state index contributed by atoms with van der Waals surface area (Å²) in [6.45, 7) is -0.627. The van der Waals surface area contributed by atoms with Crippen LogP contribution in [0, 0.1) is 17.0 Å². The summed E-state index contributed by atoms with van der Waals surface area (Å²) in [4.78, 5) is 17.2. The van der Waals surface area contributed by atoms with Crippen LogP contribution in [0.4, 0.5) is 18.0 Å². The molecule has 2 N–H and O–H groups in total. The third-order valence-corrected chi connectivity index (χ3v) is 6.52. The summed E-state index contributed by atoms with van der Waals surface area (Å²) >= 11 is 1.13. The molecule has 0 radical (unpaired) electrons. The van der Waals surface area contributed by atoms with Crippen molar-refractivity contribution < 1.29 is 22.8 Å². The third-order valence-electron chi connectivity index (χ3n) is 5.07. The molecule has 1 heterocycles. The minimum Gasteiger partial charge on any atom is -0.372 e. The number of hydrazone groups is 1. The molecular formula is C22H24F3N5O2S. The number of nitrogens with zero attached hydrogens (tertiary/aromatic N) is 3. The number of benzene rings is 2. The second-order valence-electron chi connectivity index (χ2n) is 7.20. The van der Waals surface area contributed by atoms with Gasteiger partial charge in [-0.05, 0) is 36.6 Å². The van der Waals surface area contributed by atoms with Crippen molar-refractivity contribution in [2.45, 2.75) is 17.7 Å². The zero-order valence-electron chi connectivity index (χ0n) is 18.1. The Morgan fingerprint density at radius 2 is 2.00 bits per heavy atom. The maximum Gasteiger partial charge on any atom is 0.365 e. The largest absolute Gasteiger partial charge is 0.372 e. The van der Waals surface area contributed by atoms with E-state index in [9.17, 15) is 18.0 Å². The number of rotatable bonds is 8. The van der Waals surface area contributed by atoms with Crippen LogP contribution >= 0.6 is 11.8 Å². The van der Waals surface area contributed by atoms with Crippen LogP contribution in [0.1, 0.15) is 24.0 Å². The van der Waals surface area contributed by atoms with Gasteiger partial charge in [0, 0.05) is 19.2 Å². The molecule has 0 saturated carbocycles. The van der Waals surface area contributed by atoms with Crippen molar-refractivity contribution in [2.75, 3.05) is 27.4 Å². The van der Waals surface area contributed by atoms with Gasteiger partial charge in [0.15, 0.2) is 0 Å². The molecule has 0 fully saturated rings. The van der Waals surface area contributed by atoms with Crippen LogP contribution in [0.3, 0.4) is 0 Å². The molecule has 0 bridgehead atoms. The van der Waals surface area contributed by atoms with Crippen molar-refractivity contribution >= 4 is 28.7 Å². The van der Waals surface area contributed by atoms with Crippen LogP contribution in [0.25, 0.3) is 0 Å². The molecule has 0 aliphatic carbocycles. The monoisotopic (exact) mass is 479 g/mol. The quantitative estimate of drug-likeness (QED) is 0.254. The third kappa shape index (κ3) is 5.31. The number of carbonyl (C=O) groups is 1. The van der Waals surface area contributed by atoms with Gasteiger partial charge in [-0.1, -0.05) is 42.1 Å². The van der Waals surface area contributed by atoms with Crippen LogP contribution in [0.15, 0.2) is 53.6 Å². The fraction of sp³-hybridized carbons (Fsp3) is 0.318. The molecule has 2 amide bonds. The van der Waals surface area contributed by atoms with E-state index in [0.717, 1.165) is 35.0 Å². The molecule has 3 rings (SSSR count). The molecule has 0 aromatic heterocycles. The summed E-state index contributed by atoms with van der Waals surface area (Å²) < 4.78 is 41.1. The number of hydrogen-bond acceptors (Lipinski definition) is 5. The lowest BCUT2D eigenvalue weighted by Gasteiger charge is -2.37. The lowest BCUT2D eigenvalue weighted by Crippen LogP contribution is -2.47. The number of nitrogens with one attached hydrogen (secondary N) is 2. The first-order valence-corrected chi connectivity index (χ1v) is 10.9. The fourth-order valence-electron chi connectivity index (χ4n) is 3.37. The number of hydroxylamine groups is 2. The summed E-state index contributed by atoms with van der Waals surface area (Å²) in [6, 6.07) is 11.5. The standard InChI is InChI=1S/C22H24F3N5O2S/c1-29(32-2)21(31)30-22(15-7-4-3-5-8-15,11-6-12-27-19(26)14-23)33-20(28-30)17-13-16(24)9-10-18(17)25/h3-5,7-10,13H,6,11-12,14H2,1-2H3,(H2,26,27). The normalized spacial score (nSPS) is 17.6. The molecule has 11 heteroatoms. The van der Waals surface area contributed by atoms with Crippen LogP contribution in [0.2, 0.25) is 0 Å². The Hall–Kier alpha value is -3.05. The second-order valence-corrected chi connectivity index (χ2v) is 8.46. The van der Waals surface area contributed by atoms with Gasteiger partial charge in [0.25, 0.3) is 0 Å². The first-order chi connectivity index (χ1) is 15.8. The Kier molecular flexibility index (Phi) is 7.98. The van der Waals surface area contributed by atoms with Crippen molar-refractivity contribution in [1.29, 1.82) is 5.41 Å². The van der Waals surface area contributed by atoms with Gasteiger partial charge < -0.3 is 5.32 Å². The van der Waals surface area contributed by atoms with Gasteiger partial charge in [-0.2, -0.15) is 10.1 Å². The van der Waals surface area contributed by atoms with Crippen molar-refractivity contribution in [3.05, 3.63) is 71.3 Å². The highest BCUT2D eigenvalue weighted by Crippen LogP contribution is 2.50. The van der Waals surface area contributed by atoms with Crippen molar-refractivity contribution in [1.82, 2.24) is 15.4 Å². The number of urea groups is 1. The molecule has 1 unspecified atom stereocenters. The van der Waals surface area contributed by atoms with E-state index in [1.165, 1.54) is 19.2 Å². The number of halogens is 3. The maximum atomic E-state index is 14.6. The Labute approximate surface area is 194 Å². The molecule has 176 valence electrons. The molecule has 2 aromatic rings. The van der Waals surface area contributed by atoms with Gasteiger partial charge in [0.2, 0.25) is 0 Å². The van der Waals surface area contributed by atoms with E-state index in [-0.39, 0.29) is 23.0 Å². The number of thioether (sulfide) groups is 1. The van der Waals surface area contributed by atoms with E-state index in [2.05, 4.69) is 10.4 Å². The lowest BCUT2D eigenvalue weighted by atomic mass is 10.0. The number of carbonyl (C=O) groups excluding carboxylic acids is 1. The van der Waals surface area contributed by atoms with Crippen LogP contribution < -0.4 is 5.32 Å². The number of alkyl halides is 1. The molecular weight excluding hydrogens is 455 g/mol. The Balaban J connectivity index is 2.05. The lowest BCUT2D eigenvalue weighted by molar-refractivity contribution is -0.0805. The zero-order chi connectivity index (χ0) is 24.0. The van der Waals surface area contributed by atoms with Crippen LogP contribution in [-0.4, -0.2) is 54.4 Å². The van der Waals surface area contributed by atoms with Gasteiger partial charge >= 0.3 is 6.03 Å². The topological polar surface area (TPSA) is 81.0 Å².